The Morgan fingerprint density at radius 1 is 1.18 bits per heavy atom. The van der Waals surface area contributed by atoms with Gasteiger partial charge < -0.3 is 34.7 Å². The lowest BCUT2D eigenvalue weighted by Crippen LogP contribution is -2.45. The van der Waals surface area contributed by atoms with E-state index in [1.165, 1.54) is 7.11 Å². The summed E-state index contributed by atoms with van der Waals surface area (Å²) in [7, 11) is 1.27. The van der Waals surface area contributed by atoms with Gasteiger partial charge in [-0.05, 0) is 84.0 Å². The second kappa shape index (κ2) is 16.2. The molecule has 4 N–H and O–H groups in total. The number of carbonyl (C=O) groups is 2. The minimum atomic E-state index is -1.17. The SMILES string of the molecule is CCOc1cc([C@@H]2NC(=O)NC(C)=C2C(=O)OC)ccc1OC[C@@H](O)N/N=C/c1cc(Br)cc(I)c1OCc1cccc(Cl)c1. The molecular weight excluding hydrogens is 783 g/mol. The summed E-state index contributed by atoms with van der Waals surface area (Å²) in [5, 5.41) is 20.7. The third kappa shape index (κ3) is 9.25. The maximum absolute atomic E-state index is 12.5. The van der Waals surface area contributed by atoms with E-state index in [0.29, 0.717) is 52.3 Å². The van der Waals surface area contributed by atoms with Crippen molar-refractivity contribution in [1.82, 2.24) is 16.1 Å². The van der Waals surface area contributed by atoms with Crippen LogP contribution < -0.4 is 30.3 Å². The molecule has 4 rings (SSSR count). The van der Waals surface area contributed by atoms with E-state index in [0.717, 1.165) is 13.6 Å². The Bertz CT molecular complexity index is 1620. The van der Waals surface area contributed by atoms with Gasteiger partial charge in [0.1, 0.15) is 19.0 Å². The van der Waals surface area contributed by atoms with Gasteiger partial charge in [-0.25, -0.2) is 9.59 Å². The summed E-state index contributed by atoms with van der Waals surface area (Å²) in [6, 6.07) is 15.0. The van der Waals surface area contributed by atoms with Crippen LogP contribution in [0.3, 0.4) is 0 Å². The smallest absolute Gasteiger partial charge is 0.337 e. The van der Waals surface area contributed by atoms with Gasteiger partial charge in [-0.15, -0.1) is 0 Å². The predicted octanol–water partition coefficient (Wildman–Crippen LogP) is 5.81. The monoisotopic (exact) mass is 812 g/mol. The summed E-state index contributed by atoms with van der Waals surface area (Å²) in [5.41, 5.74) is 5.50. The number of amides is 2. The fraction of sp³-hybridized carbons (Fsp3) is 0.258. The number of rotatable bonds is 13. The van der Waals surface area contributed by atoms with Crippen LogP contribution in [-0.2, 0) is 16.1 Å². The number of aliphatic hydroxyl groups excluding tert-OH is 1. The highest BCUT2D eigenvalue weighted by Gasteiger charge is 2.32. The lowest BCUT2D eigenvalue weighted by molar-refractivity contribution is -0.136. The molecule has 0 aromatic heterocycles. The van der Waals surface area contributed by atoms with Gasteiger partial charge in [0.05, 0.1) is 35.1 Å². The van der Waals surface area contributed by atoms with E-state index in [2.05, 4.69) is 59.7 Å². The van der Waals surface area contributed by atoms with E-state index in [-0.39, 0.29) is 12.2 Å². The zero-order valence-electron chi connectivity index (χ0n) is 24.5. The summed E-state index contributed by atoms with van der Waals surface area (Å²) >= 11 is 11.8. The number of methoxy groups -OCH3 is 1. The Labute approximate surface area is 287 Å². The number of nitrogens with zero attached hydrogens (tertiary/aromatic N) is 1. The van der Waals surface area contributed by atoms with Crippen LogP contribution in [0.5, 0.6) is 17.2 Å². The number of hydrazone groups is 1. The first-order valence-electron chi connectivity index (χ1n) is 13.7. The molecule has 0 saturated carbocycles. The average molecular weight is 814 g/mol. The summed E-state index contributed by atoms with van der Waals surface area (Å²) in [6.45, 7) is 3.92. The van der Waals surface area contributed by atoms with Crippen LogP contribution in [-0.4, -0.2) is 49.9 Å². The van der Waals surface area contributed by atoms with Crippen LogP contribution in [0, 0.1) is 3.57 Å². The van der Waals surface area contributed by atoms with Crippen molar-refractivity contribution in [3.63, 3.8) is 0 Å². The number of hydrogen-bond acceptors (Lipinski definition) is 9. The Morgan fingerprint density at radius 3 is 2.71 bits per heavy atom. The number of ether oxygens (including phenoxy) is 4. The molecule has 11 nitrogen and oxygen atoms in total. The highest BCUT2D eigenvalue weighted by molar-refractivity contribution is 14.1. The van der Waals surface area contributed by atoms with Gasteiger partial charge in [0, 0.05) is 20.8 Å². The first kappa shape index (κ1) is 34.3. The Balaban J connectivity index is 1.43. The molecule has 0 unspecified atom stereocenters. The number of halogens is 3. The highest BCUT2D eigenvalue weighted by Crippen LogP contribution is 2.35. The summed E-state index contributed by atoms with van der Waals surface area (Å²) in [6.07, 6.45) is 0.378. The van der Waals surface area contributed by atoms with E-state index in [4.69, 9.17) is 30.5 Å². The molecule has 14 heteroatoms. The Kier molecular flexibility index (Phi) is 12.3. The van der Waals surface area contributed by atoms with Gasteiger partial charge in [-0.3, -0.25) is 5.43 Å². The molecule has 2 atom stereocenters. The number of aliphatic hydroxyl groups is 1. The normalized spacial score (nSPS) is 15.3. The van der Waals surface area contributed by atoms with Crippen molar-refractivity contribution in [3.8, 4) is 17.2 Å². The largest absolute Gasteiger partial charge is 0.490 e. The molecule has 0 spiro atoms. The Hall–Kier alpha value is -3.53. The fourth-order valence-electron chi connectivity index (χ4n) is 4.43. The second-order valence-corrected chi connectivity index (χ2v) is 12.2. The van der Waals surface area contributed by atoms with Crippen LogP contribution in [0.15, 0.2) is 75.4 Å². The molecular formula is C31H31BrClIN4O7. The molecule has 0 fully saturated rings. The van der Waals surface area contributed by atoms with Crippen LogP contribution >= 0.6 is 50.1 Å². The van der Waals surface area contributed by atoms with Crippen molar-refractivity contribution in [2.24, 2.45) is 5.10 Å². The van der Waals surface area contributed by atoms with Crippen LogP contribution in [0.2, 0.25) is 5.02 Å². The van der Waals surface area contributed by atoms with E-state index >= 15 is 0 Å². The van der Waals surface area contributed by atoms with Gasteiger partial charge in [-0.1, -0.05) is 45.7 Å². The van der Waals surface area contributed by atoms with Crippen LogP contribution in [0.25, 0.3) is 0 Å². The minimum Gasteiger partial charge on any atom is -0.490 e. The zero-order valence-corrected chi connectivity index (χ0v) is 29.0. The summed E-state index contributed by atoms with van der Waals surface area (Å²) in [5.74, 6) is 0.770. The molecule has 1 aliphatic heterocycles. The molecule has 2 amide bonds. The van der Waals surface area contributed by atoms with Crippen molar-refractivity contribution < 1.29 is 33.6 Å². The van der Waals surface area contributed by atoms with Crippen molar-refractivity contribution in [3.05, 3.63) is 95.6 Å². The molecule has 3 aromatic rings. The fourth-order valence-corrected chi connectivity index (χ4v) is 6.34. The molecule has 0 saturated heterocycles. The first-order valence-corrected chi connectivity index (χ1v) is 15.9. The van der Waals surface area contributed by atoms with Gasteiger partial charge in [-0.2, -0.15) is 5.10 Å². The lowest BCUT2D eigenvalue weighted by Gasteiger charge is -2.28. The van der Waals surface area contributed by atoms with Crippen molar-refractivity contribution in [2.75, 3.05) is 20.3 Å². The molecule has 1 aliphatic rings. The van der Waals surface area contributed by atoms with E-state index in [9.17, 15) is 14.7 Å². The molecule has 0 aliphatic carbocycles. The molecule has 0 bridgehead atoms. The van der Waals surface area contributed by atoms with Gasteiger partial charge in [0.15, 0.2) is 17.7 Å². The number of hydrogen-bond donors (Lipinski definition) is 4. The van der Waals surface area contributed by atoms with Crippen molar-refractivity contribution in [1.29, 1.82) is 0 Å². The summed E-state index contributed by atoms with van der Waals surface area (Å²) in [4.78, 5) is 24.6. The van der Waals surface area contributed by atoms with Crippen molar-refractivity contribution in [2.45, 2.75) is 32.7 Å². The van der Waals surface area contributed by atoms with E-state index in [1.807, 2.05) is 37.3 Å². The molecule has 238 valence electrons. The topological polar surface area (TPSA) is 140 Å². The zero-order chi connectivity index (χ0) is 32.5. The number of benzene rings is 3. The van der Waals surface area contributed by atoms with Crippen molar-refractivity contribution >= 4 is 68.3 Å². The second-order valence-electron chi connectivity index (χ2n) is 9.64. The summed E-state index contributed by atoms with van der Waals surface area (Å²) < 4.78 is 24.3. The van der Waals surface area contributed by atoms with E-state index in [1.54, 1.807) is 37.4 Å². The lowest BCUT2D eigenvalue weighted by atomic mass is 9.95. The first-order chi connectivity index (χ1) is 21.6. The van der Waals surface area contributed by atoms with Gasteiger partial charge >= 0.3 is 12.0 Å². The predicted molar refractivity (Wildman–Crippen MR) is 182 cm³/mol. The van der Waals surface area contributed by atoms with Gasteiger partial charge in [0.2, 0.25) is 0 Å². The minimum absolute atomic E-state index is 0.165. The third-order valence-electron chi connectivity index (χ3n) is 6.41. The third-order valence-corrected chi connectivity index (χ3v) is 7.90. The maximum Gasteiger partial charge on any atom is 0.337 e. The quantitative estimate of drug-likeness (QED) is 0.0559. The molecule has 3 aromatic carbocycles. The average Bonchev–Trinajstić information content (AvgIpc) is 2.99. The molecule has 1 heterocycles. The Morgan fingerprint density at radius 2 is 1.98 bits per heavy atom. The number of urea groups is 1. The van der Waals surface area contributed by atoms with Crippen LogP contribution in [0.4, 0.5) is 4.79 Å². The number of esters is 1. The standard InChI is InChI=1S/C31H31BrClIN4O7/c1-4-43-25-12-19(28-27(30(40)42-3)17(2)36-31(41)37-28)8-9-24(25)44-16-26(39)38-35-14-20-11-21(32)13-23(34)29(20)45-15-18-6-5-7-22(33)10-18/h5-14,26,28,38-39H,4,15-16H2,1-3H3,(H2,36,37,41)/b35-14+/t26-,28+/m1/s1. The van der Waals surface area contributed by atoms with Gasteiger partial charge in [0.25, 0.3) is 0 Å². The highest BCUT2D eigenvalue weighted by atomic mass is 127. The molecule has 0 radical (unpaired) electrons. The number of carbonyl (C=O) groups excluding carboxylic acids is 2. The van der Waals surface area contributed by atoms with E-state index < -0.39 is 24.3 Å². The number of nitrogens with one attached hydrogen (secondary N) is 3. The molecule has 45 heavy (non-hydrogen) atoms. The number of allylic oxidation sites excluding steroid dienone is 1. The maximum atomic E-state index is 12.5. The van der Waals surface area contributed by atoms with Crippen LogP contribution in [0.1, 0.15) is 36.6 Å².